The molecule has 0 aliphatic rings. The molecule has 0 saturated carbocycles. The van der Waals surface area contributed by atoms with Crippen molar-refractivity contribution in [2.75, 3.05) is 24.2 Å². The molecule has 1 amide bonds. The molecule has 0 unspecified atom stereocenters. The highest BCUT2D eigenvalue weighted by Gasteiger charge is 2.30. The number of halogens is 1. The third kappa shape index (κ3) is 5.51. The lowest BCUT2D eigenvalue weighted by molar-refractivity contribution is -0.147. The molecule has 11 heteroatoms. The largest absolute Gasteiger partial charge is 0.481 e. The normalized spacial score (nSPS) is 12.1. The third-order valence-electron chi connectivity index (χ3n) is 6.06. The Hall–Kier alpha value is -3.47. The fourth-order valence-corrected chi connectivity index (χ4v) is 4.82. The van der Waals surface area contributed by atoms with Crippen molar-refractivity contribution in [3.63, 3.8) is 0 Å². The van der Waals surface area contributed by atoms with Crippen molar-refractivity contribution < 1.29 is 31.9 Å². The number of sulfonamides is 1. The molecule has 0 radical (unpaired) electrons. The van der Waals surface area contributed by atoms with Gasteiger partial charge < -0.3 is 14.8 Å². The smallest absolute Gasteiger partial charge is 0.309 e. The first-order chi connectivity index (χ1) is 16.8. The topological polar surface area (TPSA) is 130 Å². The summed E-state index contributed by atoms with van der Waals surface area (Å²) in [5, 5.41) is 12.4. The van der Waals surface area contributed by atoms with Crippen LogP contribution in [0.2, 0.25) is 0 Å². The number of nitrogens with one attached hydrogen (secondary N) is 1. The summed E-state index contributed by atoms with van der Waals surface area (Å²) in [6.07, 6.45) is 2.02. The Morgan fingerprint density at radius 3 is 2.39 bits per heavy atom. The van der Waals surface area contributed by atoms with E-state index in [1.165, 1.54) is 31.3 Å². The van der Waals surface area contributed by atoms with Crippen molar-refractivity contribution in [2.24, 2.45) is 5.41 Å². The van der Waals surface area contributed by atoms with Crippen LogP contribution in [-0.2, 0) is 21.2 Å². The summed E-state index contributed by atoms with van der Waals surface area (Å²) in [4.78, 5) is 28.8. The summed E-state index contributed by atoms with van der Waals surface area (Å²) in [6.45, 7) is 5.03. The van der Waals surface area contributed by atoms with Gasteiger partial charge in [-0.2, -0.15) is 4.98 Å². The van der Waals surface area contributed by atoms with Crippen LogP contribution in [-0.4, -0.2) is 50.2 Å². The molecule has 0 aliphatic carbocycles. The van der Waals surface area contributed by atoms with Gasteiger partial charge in [-0.1, -0.05) is 6.92 Å². The van der Waals surface area contributed by atoms with Gasteiger partial charge in [0.15, 0.2) is 0 Å². The monoisotopic (exact) mass is 519 g/mol. The van der Waals surface area contributed by atoms with E-state index in [2.05, 4.69) is 10.3 Å². The summed E-state index contributed by atoms with van der Waals surface area (Å²) in [5.74, 6) is -1.50. The summed E-state index contributed by atoms with van der Waals surface area (Å²) < 4.78 is 46.1. The number of carbonyl (C=O) groups excluding carboxylic acids is 1. The first-order valence-electron chi connectivity index (χ1n) is 11.5. The molecule has 2 N–H and O–H groups in total. The van der Waals surface area contributed by atoms with Crippen molar-refractivity contribution in [1.82, 2.24) is 10.3 Å². The van der Waals surface area contributed by atoms with E-state index in [-0.39, 0.29) is 42.2 Å². The molecule has 3 rings (SSSR count). The number of aryl methyl sites for hydroxylation is 1. The molecular weight excluding hydrogens is 489 g/mol. The van der Waals surface area contributed by atoms with E-state index in [0.29, 0.717) is 22.9 Å². The number of amides is 1. The number of fused-ring (bicyclic) bond motifs is 1. The van der Waals surface area contributed by atoms with Crippen LogP contribution in [0.15, 0.2) is 34.7 Å². The molecule has 36 heavy (non-hydrogen) atoms. The van der Waals surface area contributed by atoms with E-state index in [0.717, 1.165) is 10.6 Å². The SMILES string of the molecule is CCc1cc2c(C(=O)NC)c(-c3ccc(F)cc3)oc2nc1N(CCCC(C)(C)C(=O)O)S(C)(=O)=O. The zero-order valence-electron chi connectivity index (χ0n) is 20.9. The predicted octanol–water partition coefficient (Wildman–Crippen LogP) is 4.21. The number of carboxylic acids is 1. The number of rotatable bonds is 10. The number of carboxylic acid groups (broad SMARTS) is 1. The van der Waals surface area contributed by atoms with Gasteiger partial charge in [0.1, 0.15) is 17.4 Å². The van der Waals surface area contributed by atoms with Gasteiger partial charge in [-0.15, -0.1) is 0 Å². The lowest BCUT2D eigenvalue weighted by Crippen LogP contribution is -2.34. The Morgan fingerprint density at radius 2 is 1.86 bits per heavy atom. The highest BCUT2D eigenvalue weighted by atomic mass is 32.2. The number of aromatic nitrogens is 1. The Bertz CT molecular complexity index is 1400. The number of aliphatic carboxylic acids is 1. The first-order valence-corrected chi connectivity index (χ1v) is 13.3. The number of nitrogens with zero attached hydrogens (tertiary/aromatic N) is 2. The van der Waals surface area contributed by atoms with Crippen molar-refractivity contribution >= 4 is 38.8 Å². The lowest BCUT2D eigenvalue weighted by Gasteiger charge is -2.25. The second kappa shape index (κ2) is 10.3. The highest BCUT2D eigenvalue weighted by Crippen LogP contribution is 2.36. The van der Waals surface area contributed by atoms with Crippen LogP contribution in [0.25, 0.3) is 22.4 Å². The van der Waals surface area contributed by atoms with Gasteiger partial charge in [0.25, 0.3) is 5.91 Å². The van der Waals surface area contributed by atoms with Gasteiger partial charge in [-0.3, -0.25) is 13.9 Å². The minimum atomic E-state index is -3.78. The van der Waals surface area contributed by atoms with E-state index in [9.17, 15) is 27.5 Å². The molecule has 2 heterocycles. The van der Waals surface area contributed by atoms with Crippen molar-refractivity contribution in [3.8, 4) is 11.3 Å². The standard InChI is InChI=1S/C25H30FN3O6S/c1-6-15-14-18-19(22(30)27-4)20(16-8-10-17(26)11-9-16)35-23(18)28-21(15)29(36(5,33)34)13-7-12-25(2,3)24(31)32/h8-11,14H,6-7,12-13H2,1-5H3,(H,27,30)(H,31,32). The van der Waals surface area contributed by atoms with Crippen LogP contribution in [0.4, 0.5) is 10.2 Å². The van der Waals surface area contributed by atoms with Gasteiger partial charge in [0.2, 0.25) is 15.7 Å². The number of hydrogen-bond acceptors (Lipinski definition) is 6. The van der Waals surface area contributed by atoms with Crippen LogP contribution in [0.5, 0.6) is 0 Å². The maximum atomic E-state index is 13.5. The number of hydrogen-bond donors (Lipinski definition) is 2. The zero-order valence-corrected chi connectivity index (χ0v) is 21.7. The summed E-state index contributed by atoms with van der Waals surface area (Å²) >= 11 is 0. The second-order valence-electron chi connectivity index (χ2n) is 9.20. The highest BCUT2D eigenvalue weighted by molar-refractivity contribution is 7.92. The molecule has 0 fully saturated rings. The molecule has 0 saturated heterocycles. The van der Waals surface area contributed by atoms with Crippen LogP contribution >= 0.6 is 0 Å². The van der Waals surface area contributed by atoms with E-state index >= 15 is 0 Å². The number of carbonyl (C=O) groups is 2. The van der Waals surface area contributed by atoms with Crippen LogP contribution in [0.3, 0.4) is 0 Å². The molecule has 0 aliphatic heterocycles. The molecule has 2 aromatic heterocycles. The van der Waals surface area contributed by atoms with Gasteiger partial charge >= 0.3 is 5.97 Å². The Morgan fingerprint density at radius 1 is 1.22 bits per heavy atom. The van der Waals surface area contributed by atoms with Gasteiger partial charge in [-0.25, -0.2) is 12.8 Å². The number of furan rings is 1. The van der Waals surface area contributed by atoms with E-state index in [1.54, 1.807) is 19.9 Å². The molecular formula is C25H30FN3O6S. The van der Waals surface area contributed by atoms with Gasteiger partial charge in [0.05, 0.1) is 22.6 Å². The predicted molar refractivity (Wildman–Crippen MR) is 135 cm³/mol. The quantitative estimate of drug-likeness (QED) is 0.410. The maximum absolute atomic E-state index is 13.5. The Kier molecular flexibility index (Phi) is 7.73. The minimum Gasteiger partial charge on any atom is -0.481 e. The van der Waals surface area contributed by atoms with Crippen molar-refractivity contribution in [2.45, 2.75) is 40.0 Å². The zero-order chi connectivity index (χ0) is 26.8. The maximum Gasteiger partial charge on any atom is 0.309 e. The Balaban J connectivity index is 2.16. The molecule has 1 aromatic carbocycles. The van der Waals surface area contributed by atoms with E-state index in [4.69, 9.17) is 4.42 Å². The lowest BCUT2D eigenvalue weighted by atomic mass is 9.88. The molecule has 9 nitrogen and oxygen atoms in total. The number of benzene rings is 1. The molecule has 0 spiro atoms. The average Bonchev–Trinajstić information content (AvgIpc) is 3.18. The van der Waals surface area contributed by atoms with Gasteiger partial charge in [0, 0.05) is 19.2 Å². The van der Waals surface area contributed by atoms with E-state index < -0.39 is 33.1 Å². The summed E-state index contributed by atoms with van der Waals surface area (Å²) in [6, 6.07) is 7.13. The average molecular weight is 520 g/mol. The minimum absolute atomic E-state index is 0.0227. The molecule has 194 valence electrons. The second-order valence-corrected chi connectivity index (χ2v) is 11.1. The fourth-order valence-electron chi connectivity index (χ4n) is 3.89. The Labute approximate surface area is 209 Å². The molecule has 0 bridgehead atoms. The van der Waals surface area contributed by atoms with Crippen LogP contribution < -0.4 is 9.62 Å². The van der Waals surface area contributed by atoms with E-state index in [1.807, 2.05) is 6.92 Å². The third-order valence-corrected chi connectivity index (χ3v) is 7.21. The molecule has 3 aromatic rings. The summed E-state index contributed by atoms with van der Waals surface area (Å²) in [7, 11) is -2.30. The number of anilines is 1. The van der Waals surface area contributed by atoms with Gasteiger partial charge in [-0.05, 0) is 69.0 Å². The van der Waals surface area contributed by atoms with Crippen LogP contribution in [0, 0.1) is 11.2 Å². The summed E-state index contributed by atoms with van der Waals surface area (Å²) in [5.41, 5.74) is 0.286. The fraction of sp³-hybridized carbons (Fsp3) is 0.400. The number of pyridine rings is 1. The molecule has 0 atom stereocenters. The van der Waals surface area contributed by atoms with Crippen molar-refractivity contribution in [1.29, 1.82) is 0 Å². The van der Waals surface area contributed by atoms with Crippen molar-refractivity contribution in [3.05, 3.63) is 47.3 Å². The van der Waals surface area contributed by atoms with Crippen LogP contribution in [0.1, 0.15) is 49.5 Å². The first kappa shape index (κ1) is 27.1.